The van der Waals surface area contributed by atoms with Crippen LogP contribution in [0.3, 0.4) is 0 Å². The Morgan fingerprint density at radius 3 is 2.43 bits per heavy atom. The molecule has 3 rings (SSSR count). The van der Waals surface area contributed by atoms with E-state index in [1.165, 1.54) is 11.1 Å². The Morgan fingerprint density at radius 2 is 1.71 bits per heavy atom. The van der Waals surface area contributed by atoms with Crippen LogP contribution in [0.1, 0.15) is 16.8 Å². The molecule has 1 N–H and O–H groups in total. The van der Waals surface area contributed by atoms with Gasteiger partial charge < -0.3 is 0 Å². The number of hydrogen-bond donors (Lipinski definition) is 1. The van der Waals surface area contributed by atoms with Crippen LogP contribution in [-0.4, -0.2) is 15.2 Å². The van der Waals surface area contributed by atoms with Gasteiger partial charge in [-0.25, -0.2) is 4.98 Å². The molecule has 0 bridgehead atoms. The Bertz CT molecular complexity index is 792. The highest BCUT2D eigenvalue weighted by Crippen LogP contribution is 2.15. The van der Waals surface area contributed by atoms with E-state index < -0.39 is 0 Å². The molecule has 2 aromatic carbocycles. The van der Waals surface area contributed by atoms with Gasteiger partial charge in [0.1, 0.15) is 4.64 Å². The van der Waals surface area contributed by atoms with Crippen LogP contribution >= 0.6 is 12.2 Å². The maximum absolute atomic E-state index is 5.31. The van der Waals surface area contributed by atoms with Crippen LogP contribution in [0.25, 0.3) is 11.4 Å². The first-order valence-electron chi connectivity index (χ1n) is 6.79. The number of aromatic nitrogens is 3. The third-order valence-corrected chi connectivity index (χ3v) is 3.62. The molecule has 0 unspecified atom stereocenters. The molecular weight excluding hydrogens is 278 g/mol. The summed E-state index contributed by atoms with van der Waals surface area (Å²) in [6.07, 6.45) is 0.706. The smallest absolute Gasteiger partial charge is 0.179 e. The molecule has 0 aliphatic rings. The predicted molar refractivity (Wildman–Crippen MR) is 86.6 cm³/mol. The van der Waals surface area contributed by atoms with Gasteiger partial charge in [-0.3, -0.25) is 5.10 Å². The van der Waals surface area contributed by atoms with Gasteiger partial charge in [0, 0.05) is 12.0 Å². The van der Waals surface area contributed by atoms with Crippen LogP contribution in [0.5, 0.6) is 0 Å². The van der Waals surface area contributed by atoms with Crippen molar-refractivity contribution in [1.82, 2.24) is 15.2 Å². The molecule has 0 aliphatic carbocycles. The van der Waals surface area contributed by atoms with Gasteiger partial charge in [0.25, 0.3) is 0 Å². The lowest BCUT2D eigenvalue weighted by Gasteiger charge is -2.05. The first kappa shape index (κ1) is 13.6. The van der Waals surface area contributed by atoms with Crippen molar-refractivity contribution < 1.29 is 0 Å². The van der Waals surface area contributed by atoms with Gasteiger partial charge >= 0.3 is 0 Å². The Labute approximate surface area is 128 Å². The van der Waals surface area contributed by atoms with Crippen molar-refractivity contribution in [2.75, 3.05) is 0 Å². The molecular formula is C17H15N3S. The van der Waals surface area contributed by atoms with E-state index in [0.29, 0.717) is 16.9 Å². The number of nitrogens with one attached hydrogen (secondary N) is 1. The largest absolute Gasteiger partial charge is 0.264 e. The van der Waals surface area contributed by atoms with Gasteiger partial charge in [-0.15, -0.1) is 0 Å². The molecule has 104 valence electrons. The molecule has 4 heteroatoms. The van der Waals surface area contributed by atoms with Crippen molar-refractivity contribution in [1.29, 1.82) is 0 Å². The van der Waals surface area contributed by atoms with Crippen LogP contribution in [0.4, 0.5) is 0 Å². The summed E-state index contributed by atoms with van der Waals surface area (Å²) in [4.78, 5) is 4.61. The first-order chi connectivity index (χ1) is 10.2. The minimum absolute atomic E-state index is 0.593. The zero-order valence-electron chi connectivity index (χ0n) is 11.7. The molecule has 0 amide bonds. The fourth-order valence-electron chi connectivity index (χ4n) is 2.11. The Hall–Kier alpha value is -2.33. The number of H-pyrrole nitrogens is 1. The normalized spacial score (nSPS) is 10.5. The van der Waals surface area contributed by atoms with Crippen molar-refractivity contribution in [3.05, 3.63) is 76.1 Å². The van der Waals surface area contributed by atoms with E-state index in [1.807, 2.05) is 30.3 Å². The number of benzene rings is 2. The van der Waals surface area contributed by atoms with Crippen LogP contribution in [-0.2, 0) is 6.42 Å². The van der Waals surface area contributed by atoms with E-state index in [0.717, 1.165) is 11.3 Å². The first-order valence-corrected chi connectivity index (χ1v) is 7.20. The molecule has 0 radical (unpaired) electrons. The molecule has 3 nitrogen and oxygen atoms in total. The Kier molecular flexibility index (Phi) is 3.88. The SMILES string of the molecule is Cc1ccc(Cc2nc(-c3ccccc3)n[nH]c2=S)cc1. The number of nitrogens with zero attached hydrogens (tertiary/aromatic N) is 2. The minimum Gasteiger partial charge on any atom is -0.264 e. The summed E-state index contributed by atoms with van der Waals surface area (Å²) in [6, 6.07) is 18.3. The van der Waals surface area contributed by atoms with Crippen LogP contribution in [0.15, 0.2) is 54.6 Å². The lowest BCUT2D eigenvalue weighted by molar-refractivity contribution is 0.907. The summed E-state index contributed by atoms with van der Waals surface area (Å²) in [5, 5.41) is 7.13. The molecule has 0 atom stereocenters. The molecule has 0 aliphatic heterocycles. The molecule has 0 saturated heterocycles. The van der Waals surface area contributed by atoms with Gasteiger partial charge in [0.15, 0.2) is 5.82 Å². The van der Waals surface area contributed by atoms with Crippen LogP contribution < -0.4 is 0 Å². The highest BCUT2D eigenvalue weighted by Gasteiger charge is 2.06. The topological polar surface area (TPSA) is 41.6 Å². The summed E-state index contributed by atoms with van der Waals surface area (Å²) in [7, 11) is 0. The summed E-state index contributed by atoms with van der Waals surface area (Å²) in [5.74, 6) is 0.673. The molecule has 1 aromatic heterocycles. The summed E-state index contributed by atoms with van der Waals surface area (Å²) >= 11 is 5.31. The second kappa shape index (κ2) is 5.97. The zero-order valence-corrected chi connectivity index (χ0v) is 12.5. The summed E-state index contributed by atoms with van der Waals surface area (Å²) in [6.45, 7) is 2.08. The van der Waals surface area contributed by atoms with Crippen molar-refractivity contribution in [3.63, 3.8) is 0 Å². The molecule has 21 heavy (non-hydrogen) atoms. The second-order valence-electron chi connectivity index (χ2n) is 4.96. The predicted octanol–water partition coefficient (Wildman–Crippen LogP) is 4.10. The quantitative estimate of drug-likeness (QED) is 0.739. The lowest BCUT2D eigenvalue weighted by Crippen LogP contribution is -2.01. The fraction of sp³-hybridized carbons (Fsp3) is 0.118. The van der Waals surface area contributed by atoms with E-state index in [9.17, 15) is 0 Å². The third kappa shape index (κ3) is 3.23. The summed E-state index contributed by atoms with van der Waals surface area (Å²) < 4.78 is 0.593. The van der Waals surface area contributed by atoms with Crippen molar-refractivity contribution >= 4 is 12.2 Å². The van der Waals surface area contributed by atoms with Crippen molar-refractivity contribution in [3.8, 4) is 11.4 Å². The number of rotatable bonds is 3. The highest BCUT2D eigenvalue weighted by molar-refractivity contribution is 7.71. The Morgan fingerprint density at radius 1 is 1.00 bits per heavy atom. The standard InChI is InChI=1S/C17H15N3S/c1-12-7-9-13(10-8-12)11-15-17(21)20-19-16(18-15)14-5-3-2-4-6-14/h2-10H,11H2,1H3,(H,20,21). The fourth-order valence-corrected chi connectivity index (χ4v) is 2.27. The maximum Gasteiger partial charge on any atom is 0.179 e. The van der Waals surface area contributed by atoms with E-state index in [4.69, 9.17) is 12.2 Å². The second-order valence-corrected chi connectivity index (χ2v) is 5.37. The van der Waals surface area contributed by atoms with Gasteiger partial charge in [0.05, 0.1) is 5.69 Å². The summed E-state index contributed by atoms with van der Waals surface area (Å²) in [5.41, 5.74) is 4.27. The van der Waals surface area contributed by atoms with Gasteiger partial charge in [-0.1, -0.05) is 72.4 Å². The minimum atomic E-state index is 0.593. The van der Waals surface area contributed by atoms with Crippen LogP contribution in [0, 0.1) is 11.6 Å². The van der Waals surface area contributed by atoms with Gasteiger partial charge in [0.2, 0.25) is 0 Å². The molecule has 3 aromatic rings. The van der Waals surface area contributed by atoms with E-state index in [-0.39, 0.29) is 0 Å². The maximum atomic E-state index is 5.31. The molecule has 0 saturated carbocycles. The highest BCUT2D eigenvalue weighted by atomic mass is 32.1. The lowest BCUT2D eigenvalue weighted by atomic mass is 10.1. The van der Waals surface area contributed by atoms with Crippen molar-refractivity contribution in [2.45, 2.75) is 13.3 Å². The van der Waals surface area contributed by atoms with Gasteiger partial charge in [-0.05, 0) is 12.5 Å². The molecule has 1 heterocycles. The van der Waals surface area contributed by atoms with Crippen LogP contribution in [0.2, 0.25) is 0 Å². The molecule has 0 spiro atoms. The zero-order chi connectivity index (χ0) is 14.7. The van der Waals surface area contributed by atoms with Crippen molar-refractivity contribution in [2.24, 2.45) is 0 Å². The molecule has 0 fully saturated rings. The average Bonchev–Trinajstić information content (AvgIpc) is 2.52. The number of aryl methyl sites for hydroxylation is 1. The number of hydrogen-bond acceptors (Lipinski definition) is 3. The Balaban J connectivity index is 1.95. The average molecular weight is 293 g/mol. The monoisotopic (exact) mass is 293 g/mol. The van der Waals surface area contributed by atoms with Gasteiger partial charge in [-0.2, -0.15) is 5.10 Å². The van der Waals surface area contributed by atoms with E-state index in [1.54, 1.807) is 0 Å². The van der Waals surface area contributed by atoms with E-state index >= 15 is 0 Å². The van der Waals surface area contributed by atoms with E-state index in [2.05, 4.69) is 46.4 Å². The third-order valence-electron chi connectivity index (χ3n) is 3.29. The number of aromatic amines is 1.